The molecular weight excluding hydrogens is 306 g/mol. The molecular formula is C19H19NO4. The van der Waals surface area contributed by atoms with Gasteiger partial charge in [-0.25, -0.2) is 0 Å². The van der Waals surface area contributed by atoms with Crippen LogP contribution in [0.5, 0.6) is 5.75 Å². The van der Waals surface area contributed by atoms with Crippen LogP contribution in [-0.4, -0.2) is 16.2 Å². The summed E-state index contributed by atoms with van der Waals surface area (Å²) in [5, 5.41) is 30.0. The zero-order valence-electron chi connectivity index (χ0n) is 13.3. The molecule has 4 rings (SSSR count). The van der Waals surface area contributed by atoms with Crippen molar-refractivity contribution in [3.8, 4) is 11.8 Å². The number of furan rings is 1. The summed E-state index contributed by atoms with van der Waals surface area (Å²) in [5.41, 5.74) is 0.601. The fourth-order valence-corrected chi connectivity index (χ4v) is 3.91. The largest absolute Gasteiger partial charge is 0.504 e. The van der Waals surface area contributed by atoms with E-state index in [1.54, 1.807) is 12.1 Å². The maximum atomic E-state index is 11.2. The van der Waals surface area contributed by atoms with Crippen molar-refractivity contribution in [1.82, 2.24) is 0 Å². The number of phenols is 1. The Morgan fingerprint density at radius 1 is 1.25 bits per heavy atom. The van der Waals surface area contributed by atoms with E-state index in [1.807, 2.05) is 6.07 Å². The van der Waals surface area contributed by atoms with Crippen LogP contribution in [0.2, 0.25) is 0 Å². The molecule has 2 aromatic rings. The van der Waals surface area contributed by atoms with Gasteiger partial charge in [-0.1, -0.05) is 6.07 Å². The highest BCUT2D eigenvalue weighted by Gasteiger charge is 2.41. The van der Waals surface area contributed by atoms with Gasteiger partial charge in [0, 0.05) is 11.3 Å². The molecule has 0 radical (unpaired) electrons. The summed E-state index contributed by atoms with van der Waals surface area (Å²) in [6.45, 7) is 0. The third kappa shape index (κ3) is 2.25. The standard InChI is InChI=1S/C19H19NO4/c20-10-19(7-5-12(6-8-19)18(22)23)14-3-4-15(21)17-13(14)9-16(24-17)11-1-2-11/h3-4,9,11-12,21H,1-2,5-8H2,(H,22,23). The molecule has 0 spiro atoms. The number of carboxylic acids is 1. The maximum Gasteiger partial charge on any atom is 0.306 e. The molecule has 1 aromatic carbocycles. The van der Waals surface area contributed by atoms with Crippen LogP contribution in [0.15, 0.2) is 22.6 Å². The van der Waals surface area contributed by atoms with Gasteiger partial charge in [0.2, 0.25) is 0 Å². The number of carbonyl (C=O) groups is 1. The number of rotatable bonds is 3. The van der Waals surface area contributed by atoms with Crippen LogP contribution in [0.1, 0.15) is 55.8 Å². The Bertz CT molecular complexity index is 848. The zero-order valence-corrected chi connectivity index (χ0v) is 13.3. The summed E-state index contributed by atoms with van der Waals surface area (Å²) in [6, 6.07) is 7.79. The van der Waals surface area contributed by atoms with Crippen LogP contribution in [0.25, 0.3) is 11.0 Å². The Labute approximate surface area is 139 Å². The second-order valence-corrected chi connectivity index (χ2v) is 7.10. The minimum absolute atomic E-state index is 0.0907. The molecule has 124 valence electrons. The number of benzene rings is 1. The van der Waals surface area contributed by atoms with E-state index in [1.165, 1.54) is 0 Å². The van der Waals surface area contributed by atoms with Crippen LogP contribution in [0.4, 0.5) is 0 Å². The van der Waals surface area contributed by atoms with E-state index in [0.717, 1.165) is 29.6 Å². The fourth-order valence-electron chi connectivity index (χ4n) is 3.91. The van der Waals surface area contributed by atoms with Gasteiger partial charge in [0.25, 0.3) is 0 Å². The van der Waals surface area contributed by atoms with E-state index in [4.69, 9.17) is 4.42 Å². The van der Waals surface area contributed by atoms with Crippen molar-refractivity contribution >= 4 is 16.9 Å². The van der Waals surface area contributed by atoms with Crippen molar-refractivity contribution in [2.75, 3.05) is 0 Å². The minimum Gasteiger partial charge on any atom is -0.504 e. The average Bonchev–Trinajstić information content (AvgIpc) is 3.34. The van der Waals surface area contributed by atoms with Gasteiger partial charge in [-0.2, -0.15) is 5.26 Å². The molecule has 24 heavy (non-hydrogen) atoms. The first-order valence-corrected chi connectivity index (χ1v) is 8.44. The maximum absolute atomic E-state index is 11.2. The number of nitriles is 1. The van der Waals surface area contributed by atoms with Crippen molar-refractivity contribution in [1.29, 1.82) is 5.26 Å². The van der Waals surface area contributed by atoms with Gasteiger partial charge in [0.15, 0.2) is 11.3 Å². The second-order valence-electron chi connectivity index (χ2n) is 7.10. The van der Waals surface area contributed by atoms with Crippen molar-refractivity contribution in [3.05, 3.63) is 29.5 Å². The van der Waals surface area contributed by atoms with E-state index in [9.17, 15) is 20.3 Å². The highest BCUT2D eigenvalue weighted by molar-refractivity contribution is 5.88. The Morgan fingerprint density at radius 2 is 1.96 bits per heavy atom. The average molecular weight is 325 g/mol. The van der Waals surface area contributed by atoms with E-state index >= 15 is 0 Å². The summed E-state index contributed by atoms with van der Waals surface area (Å²) in [7, 11) is 0. The van der Waals surface area contributed by atoms with Gasteiger partial charge < -0.3 is 14.6 Å². The van der Waals surface area contributed by atoms with Crippen molar-refractivity contribution in [3.63, 3.8) is 0 Å². The Balaban J connectivity index is 1.78. The van der Waals surface area contributed by atoms with Gasteiger partial charge in [-0.05, 0) is 56.2 Å². The van der Waals surface area contributed by atoms with E-state index in [0.29, 0.717) is 37.2 Å². The van der Waals surface area contributed by atoms with Crippen LogP contribution >= 0.6 is 0 Å². The molecule has 0 bridgehead atoms. The summed E-state index contributed by atoms with van der Waals surface area (Å²) in [5.74, 6) is 0.237. The highest BCUT2D eigenvalue weighted by Crippen LogP contribution is 2.48. The Hall–Kier alpha value is -2.48. The molecule has 0 unspecified atom stereocenters. The summed E-state index contributed by atoms with van der Waals surface area (Å²) < 4.78 is 5.85. The predicted molar refractivity (Wildman–Crippen MR) is 86.7 cm³/mol. The fraction of sp³-hybridized carbons (Fsp3) is 0.474. The third-order valence-electron chi connectivity index (χ3n) is 5.58. The van der Waals surface area contributed by atoms with Gasteiger partial charge >= 0.3 is 5.97 Å². The number of aliphatic carboxylic acids is 1. The Morgan fingerprint density at radius 3 is 2.54 bits per heavy atom. The molecule has 0 aliphatic heterocycles. The molecule has 2 aliphatic rings. The van der Waals surface area contributed by atoms with Gasteiger partial charge in [-0.15, -0.1) is 0 Å². The van der Waals surface area contributed by atoms with Crippen LogP contribution in [-0.2, 0) is 10.2 Å². The smallest absolute Gasteiger partial charge is 0.306 e. The zero-order chi connectivity index (χ0) is 16.9. The number of hydrogen-bond acceptors (Lipinski definition) is 4. The molecule has 5 heteroatoms. The molecule has 5 nitrogen and oxygen atoms in total. The summed E-state index contributed by atoms with van der Waals surface area (Å²) >= 11 is 0. The lowest BCUT2D eigenvalue weighted by atomic mass is 9.67. The number of carboxylic acid groups (broad SMARTS) is 1. The molecule has 2 fully saturated rings. The first-order chi connectivity index (χ1) is 11.5. The third-order valence-corrected chi connectivity index (χ3v) is 5.58. The Kier molecular flexibility index (Phi) is 3.31. The molecule has 1 aromatic heterocycles. The van der Waals surface area contributed by atoms with Crippen molar-refractivity contribution in [2.24, 2.45) is 5.92 Å². The number of aromatic hydroxyl groups is 1. The molecule has 2 saturated carbocycles. The number of phenolic OH excluding ortho intramolecular Hbond substituents is 1. The lowest BCUT2D eigenvalue weighted by molar-refractivity contribution is -0.143. The van der Waals surface area contributed by atoms with Gasteiger partial charge in [-0.3, -0.25) is 4.79 Å². The summed E-state index contributed by atoms with van der Waals surface area (Å²) in [6.07, 6.45) is 4.23. The molecule has 2 aliphatic carbocycles. The van der Waals surface area contributed by atoms with E-state index in [-0.39, 0.29) is 11.7 Å². The van der Waals surface area contributed by atoms with E-state index in [2.05, 4.69) is 6.07 Å². The van der Waals surface area contributed by atoms with Crippen LogP contribution < -0.4 is 0 Å². The molecule has 0 saturated heterocycles. The number of nitrogens with zero attached hydrogens (tertiary/aromatic N) is 1. The van der Waals surface area contributed by atoms with Crippen LogP contribution in [0.3, 0.4) is 0 Å². The topological polar surface area (TPSA) is 94.5 Å². The minimum atomic E-state index is -0.781. The molecule has 2 N–H and O–H groups in total. The van der Waals surface area contributed by atoms with Gasteiger partial charge in [0.1, 0.15) is 5.76 Å². The second kappa shape index (κ2) is 5.27. The van der Waals surface area contributed by atoms with Gasteiger partial charge in [0.05, 0.1) is 17.4 Å². The normalized spacial score (nSPS) is 27.0. The molecule has 1 heterocycles. The summed E-state index contributed by atoms with van der Waals surface area (Å²) in [4.78, 5) is 11.2. The SMILES string of the molecule is N#CC1(c2ccc(O)c3oc(C4CC4)cc23)CCC(C(=O)O)CC1. The van der Waals surface area contributed by atoms with Crippen molar-refractivity contribution in [2.45, 2.75) is 49.9 Å². The lowest BCUT2D eigenvalue weighted by Crippen LogP contribution is -2.33. The first kappa shape index (κ1) is 15.1. The van der Waals surface area contributed by atoms with Crippen LogP contribution in [0, 0.1) is 17.2 Å². The highest BCUT2D eigenvalue weighted by atomic mass is 16.4. The predicted octanol–water partition coefficient (Wildman–Crippen LogP) is 4.05. The van der Waals surface area contributed by atoms with E-state index < -0.39 is 11.4 Å². The quantitative estimate of drug-likeness (QED) is 0.887. The molecule has 0 atom stereocenters. The first-order valence-electron chi connectivity index (χ1n) is 8.44. The monoisotopic (exact) mass is 325 g/mol. The number of fused-ring (bicyclic) bond motifs is 1. The number of hydrogen-bond donors (Lipinski definition) is 2. The molecule has 0 amide bonds. The lowest BCUT2D eigenvalue weighted by Gasteiger charge is -2.34. The van der Waals surface area contributed by atoms with Crippen molar-refractivity contribution < 1.29 is 19.4 Å².